The van der Waals surface area contributed by atoms with Crippen molar-refractivity contribution in [2.24, 2.45) is 11.0 Å². The Kier molecular flexibility index (Phi) is 7.49. The first kappa shape index (κ1) is 24.6. The number of nitrogens with zero attached hydrogens (tertiary/aromatic N) is 2. The molecular weight excluding hydrogens is 469 g/mol. The Hall–Kier alpha value is -2.56. The smallest absolute Gasteiger partial charge is 0.270 e. The number of hydrogen-bond acceptors (Lipinski definition) is 6. The first-order valence-electron chi connectivity index (χ1n) is 11.0. The fourth-order valence-electron chi connectivity index (χ4n) is 4.23. The second kappa shape index (κ2) is 10.4. The van der Waals surface area contributed by atoms with Crippen molar-refractivity contribution in [2.75, 3.05) is 33.5 Å². The normalized spacial score (nSPS) is 21.4. The zero-order chi connectivity index (χ0) is 24.3. The van der Waals surface area contributed by atoms with Crippen molar-refractivity contribution in [3.63, 3.8) is 0 Å². The lowest BCUT2D eigenvalue weighted by Crippen LogP contribution is -2.52. The number of halogens is 3. The molecule has 34 heavy (non-hydrogen) atoms. The summed E-state index contributed by atoms with van der Waals surface area (Å²) in [5, 5.41) is 5.83. The minimum absolute atomic E-state index is 0.0698. The summed E-state index contributed by atoms with van der Waals surface area (Å²) in [5.74, 6) is -2.19. The Morgan fingerprint density at radius 3 is 2.74 bits per heavy atom. The van der Waals surface area contributed by atoms with Crippen molar-refractivity contribution >= 4 is 22.7 Å². The molecule has 4 rings (SSSR count). The number of fused-ring (bicyclic) bond motifs is 2. The van der Waals surface area contributed by atoms with E-state index in [1.165, 1.54) is 30.3 Å². The van der Waals surface area contributed by atoms with Gasteiger partial charge in [0.05, 0.1) is 19.8 Å². The lowest BCUT2D eigenvalue weighted by molar-refractivity contribution is -0.142. The molecule has 10 heteroatoms. The van der Waals surface area contributed by atoms with Gasteiger partial charge in [0.15, 0.2) is 4.87 Å². The minimum Gasteiger partial charge on any atom is -0.493 e. The average molecular weight is 495 g/mol. The van der Waals surface area contributed by atoms with Crippen LogP contribution in [0.25, 0.3) is 0 Å². The molecule has 0 fully saturated rings. The molecule has 6 nitrogen and oxygen atoms in total. The summed E-state index contributed by atoms with van der Waals surface area (Å²) in [6.07, 6.45) is 1.39. The van der Waals surface area contributed by atoms with Crippen LogP contribution in [-0.2, 0) is 19.1 Å². The lowest BCUT2D eigenvalue weighted by atomic mass is 9.86. The van der Waals surface area contributed by atoms with Gasteiger partial charge in [-0.05, 0) is 42.8 Å². The van der Waals surface area contributed by atoms with E-state index >= 15 is 0 Å². The van der Waals surface area contributed by atoms with Crippen LogP contribution in [0.15, 0.2) is 41.5 Å². The second-order valence-electron chi connectivity index (χ2n) is 8.02. The molecule has 0 aromatic heterocycles. The van der Waals surface area contributed by atoms with E-state index in [4.69, 9.17) is 14.2 Å². The highest BCUT2D eigenvalue weighted by molar-refractivity contribution is 8.15. The number of methoxy groups -OCH3 is 1. The molecule has 2 aromatic carbocycles. The maximum absolute atomic E-state index is 14.7. The van der Waals surface area contributed by atoms with Crippen LogP contribution < -0.4 is 4.74 Å². The number of rotatable bonds is 8. The third-order valence-corrected chi connectivity index (χ3v) is 7.30. The molecule has 0 N–H and O–H groups in total. The number of carbonyl (C=O) groups excluding carboxylic acids is 1. The van der Waals surface area contributed by atoms with Crippen molar-refractivity contribution in [2.45, 2.75) is 24.6 Å². The quantitative estimate of drug-likeness (QED) is 0.500. The van der Waals surface area contributed by atoms with E-state index in [2.05, 4.69) is 5.10 Å². The maximum Gasteiger partial charge on any atom is 0.270 e. The van der Waals surface area contributed by atoms with Crippen molar-refractivity contribution < 1.29 is 32.2 Å². The van der Waals surface area contributed by atoms with Crippen LogP contribution in [0.3, 0.4) is 0 Å². The highest BCUT2D eigenvalue weighted by atomic mass is 32.2. The van der Waals surface area contributed by atoms with Gasteiger partial charge in [0, 0.05) is 24.2 Å². The van der Waals surface area contributed by atoms with Gasteiger partial charge in [-0.3, -0.25) is 4.79 Å². The predicted molar refractivity (Wildman–Crippen MR) is 122 cm³/mol. The van der Waals surface area contributed by atoms with Crippen LogP contribution in [0, 0.1) is 23.4 Å². The summed E-state index contributed by atoms with van der Waals surface area (Å²) in [6, 6.07) is 7.17. The van der Waals surface area contributed by atoms with E-state index in [9.17, 15) is 18.0 Å². The molecule has 2 atom stereocenters. The van der Waals surface area contributed by atoms with Crippen molar-refractivity contribution in [1.82, 2.24) is 5.01 Å². The Labute approximate surface area is 200 Å². The first-order chi connectivity index (χ1) is 16.4. The molecule has 0 bridgehead atoms. The van der Waals surface area contributed by atoms with Gasteiger partial charge in [-0.25, -0.2) is 18.2 Å². The number of ether oxygens (including phenoxy) is 3. The topological polar surface area (TPSA) is 60.4 Å². The van der Waals surface area contributed by atoms with E-state index in [1.54, 1.807) is 0 Å². The van der Waals surface area contributed by atoms with E-state index in [0.29, 0.717) is 24.3 Å². The molecule has 0 saturated heterocycles. The Balaban J connectivity index is 1.83. The first-order valence-corrected chi connectivity index (χ1v) is 11.8. The number of benzene rings is 2. The second-order valence-corrected chi connectivity index (χ2v) is 9.23. The maximum atomic E-state index is 14.7. The molecule has 2 heterocycles. The highest BCUT2D eigenvalue weighted by Crippen LogP contribution is 2.57. The third kappa shape index (κ3) is 4.54. The Morgan fingerprint density at radius 1 is 1.21 bits per heavy atom. The molecule has 2 aromatic rings. The third-order valence-electron chi connectivity index (χ3n) is 5.77. The predicted octanol–water partition coefficient (Wildman–Crippen LogP) is 4.67. The average Bonchev–Trinajstić information content (AvgIpc) is 3.22. The SMILES string of the molecule is CCC[C@H]1COc2ccc(F)cc2[C@]12SC(c1cc(F)ccc1F)=NN2C(=O)COCCOC. The number of carbonyl (C=O) groups is 1. The van der Waals surface area contributed by atoms with Gasteiger partial charge in [-0.2, -0.15) is 5.10 Å². The van der Waals surface area contributed by atoms with Gasteiger partial charge >= 0.3 is 0 Å². The molecule has 2 aliphatic rings. The molecule has 0 saturated carbocycles. The van der Waals surface area contributed by atoms with Crippen molar-refractivity contribution in [3.8, 4) is 5.75 Å². The van der Waals surface area contributed by atoms with Crippen LogP contribution in [0.5, 0.6) is 5.75 Å². The molecule has 182 valence electrons. The molecule has 1 amide bonds. The number of thioether (sulfide) groups is 1. The van der Waals surface area contributed by atoms with E-state index < -0.39 is 28.2 Å². The van der Waals surface area contributed by atoms with Crippen LogP contribution in [-0.4, -0.2) is 49.5 Å². The molecule has 0 radical (unpaired) electrons. The fourth-order valence-corrected chi connectivity index (χ4v) is 5.77. The van der Waals surface area contributed by atoms with Crippen LogP contribution >= 0.6 is 11.8 Å². The summed E-state index contributed by atoms with van der Waals surface area (Å²) >= 11 is 1.11. The van der Waals surface area contributed by atoms with Gasteiger partial charge in [0.25, 0.3) is 5.91 Å². The van der Waals surface area contributed by atoms with E-state index in [0.717, 1.165) is 36.4 Å². The number of hydrazone groups is 1. The van der Waals surface area contributed by atoms with E-state index in [-0.39, 0.29) is 36.3 Å². The summed E-state index contributed by atoms with van der Waals surface area (Å²) in [5.41, 5.74) is 0.350. The van der Waals surface area contributed by atoms with E-state index in [1.807, 2.05) is 6.92 Å². The zero-order valence-corrected chi connectivity index (χ0v) is 19.7. The monoisotopic (exact) mass is 494 g/mol. The molecule has 0 aliphatic carbocycles. The van der Waals surface area contributed by atoms with Crippen molar-refractivity contribution in [3.05, 3.63) is 65.0 Å². The summed E-state index contributed by atoms with van der Waals surface area (Å²) < 4.78 is 59.5. The van der Waals surface area contributed by atoms with Crippen LogP contribution in [0.4, 0.5) is 13.2 Å². The summed E-state index contributed by atoms with van der Waals surface area (Å²) in [4.78, 5) is 12.2. The van der Waals surface area contributed by atoms with Crippen molar-refractivity contribution in [1.29, 1.82) is 0 Å². The van der Waals surface area contributed by atoms with Gasteiger partial charge in [-0.15, -0.1) is 0 Å². The highest BCUT2D eigenvalue weighted by Gasteiger charge is 2.57. The fraction of sp³-hybridized carbons (Fsp3) is 0.417. The number of hydrogen-bond donors (Lipinski definition) is 0. The molecule has 2 aliphatic heterocycles. The molecular formula is C24H25F3N2O4S. The Morgan fingerprint density at radius 2 is 1.97 bits per heavy atom. The number of amides is 1. The minimum atomic E-state index is -1.21. The zero-order valence-electron chi connectivity index (χ0n) is 18.9. The van der Waals surface area contributed by atoms with Crippen LogP contribution in [0.1, 0.15) is 30.9 Å². The van der Waals surface area contributed by atoms with Crippen LogP contribution in [0.2, 0.25) is 0 Å². The standard InChI is InChI=1S/C24H25F3N2O4S/c1-3-4-15-13-33-21-8-6-17(26)12-19(21)24(15)29(22(30)14-32-10-9-31-2)28-23(34-24)18-11-16(25)5-7-20(18)27/h5-8,11-12,15H,3-4,9-10,13-14H2,1-2H3/t15-,24+/m0/s1. The Bertz CT molecular complexity index is 1100. The summed E-state index contributed by atoms with van der Waals surface area (Å²) in [7, 11) is 1.52. The van der Waals surface area contributed by atoms with Gasteiger partial charge < -0.3 is 14.2 Å². The molecule has 1 spiro atoms. The summed E-state index contributed by atoms with van der Waals surface area (Å²) in [6.45, 7) is 2.43. The van der Waals surface area contributed by atoms with Gasteiger partial charge in [0.2, 0.25) is 0 Å². The van der Waals surface area contributed by atoms with Gasteiger partial charge in [0.1, 0.15) is 34.9 Å². The van der Waals surface area contributed by atoms with Gasteiger partial charge in [-0.1, -0.05) is 25.1 Å². The lowest BCUT2D eigenvalue weighted by Gasteiger charge is -2.45. The molecule has 0 unspecified atom stereocenters. The largest absolute Gasteiger partial charge is 0.493 e.